The summed E-state index contributed by atoms with van der Waals surface area (Å²) in [6.07, 6.45) is -8.60. The van der Waals surface area contributed by atoms with E-state index in [4.69, 9.17) is 18.9 Å². The summed E-state index contributed by atoms with van der Waals surface area (Å²) in [6.45, 7) is 14.2. The summed E-state index contributed by atoms with van der Waals surface area (Å²) in [4.78, 5) is 51.7. The molecule has 11 nitrogen and oxygen atoms in total. The van der Waals surface area contributed by atoms with E-state index in [0.29, 0.717) is 5.57 Å². The van der Waals surface area contributed by atoms with Gasteiger partial charge in [0.15, 0.2) is 12.2 Å². The van der Waals surface area contributed by atoms with Crippen molar-refractivity contribution in [2.75, 3.05) is 0 Å². The van der Waals surface area contributed by atoms with E-state index < -0.39 is 82.8 Å². The first-order valence-corrected chi connectivity index (χ1v) is 14.6. The quantitative estimate of drug-likeness (QED) is 0.254. The Hall–Kier alpha value is -3.54. The van der Waals surface area contributed by atoms with Crippen molar-refractivity contribution in [1.29, 1.82) is 0 Å². The topological polar surface area (TPSA) is 166 Å². The van der Waals surface area contributed by atoms with Crippen LogP contribution in [0.25, 0.3) is 0 Å². The maximum absolute atomic E-state index is 13.5. The molecule has 0 heterocycles. The molecule has 240 valence electrons. The van der Waals surface area contributed by atoms with E-state index >= 15 is 0 Å². The highest BCUT2D eigenvalue weighted by Crippen LogP contribution is 2.62. The van der Waals surface area contributed by atoms with Crippen LogP contribution in [0.1, 0.15) is 71.7 Å². The van der Waals surface area contributed by atoms with Crippen LogP contribution in [0.3, 0.4) is 0 Å². The van der Waals surface area contributed by atoms with Gasteiger partial charge in [0.05, 0.1) is 23.2 Å². The number of carbonyl (C=O) groups is 4. The third-order valence-electron chi connectivity index (χ3n) is 9.90. The second kappa shape index (κ2) is 11.8. The molecule has 3 aliphatic carbocycles. The minimum absolute atomic E-state index is 0.123. The zero-order valence-corrected chi connectivity index (χ0v) is 26.2. The maximum atomic E-state index is 13.5. The SMILES string of the molecule is C=C1C(O)CC(OC(=O)c2ccccc2)C2(C)C(OC(C)=O)C(OC(C)=O)C3=C(C)C(O)CC(O)(C(OC(C)=O)C12)C3(C)C. The van der Waals surface area contributed by atoms with E-state index in [1.165, 1.54) is 13.8 Å². The molecule has 1 aromatic rings. The van der Waals surface area contributed by atoms with Gasteiger partial charge in [0.1, 0.15) is 17.8 Å². The van der Waals surface area contributed by atoms with E-state index in [9.17, 15) is 34.5 Å². The second-order valence-electron chi connectivity index (χ2n) is 12.9. The highest BCUT2D eigenvalue weighted by molar-refractivity contribution is 5.89. The van der Waals surface area contributed by atoms with E-state index in [1.54, 1.807) is 58.0 Å². The number of rotatable bonds is 5. The normalized spacial score (nSPS) is 36.2. The summed E-state index contributed by atoms with van der Waals surface area (Å²) >= 11 is 0. The Bertz CT molecular complexity index is 1380. The molecule has 3 aliphatic rings. The lowest BCUT2D eigenvalue weighted by molar-refractivity contribution is -0.255. The first kappa shape index (κ1) is 33.4. The van der Waals surface area contributed by atoms with Crippen molar-refractivity contribution in [1.82, 2.24) is 0 Å². The van der Waals surface area contributed by atoms with Gasteiger partial charge in [-0.15, -0.1) is 0 Å². The molecule has 0 spiro atoms. The number of aliphatic hydroxyl groups excluding tert-OH is 2. The van der Waals surface area contributed by atoms with Crippen molar-refractivity contribution in [3.8, 4) is 0 Å². The number of hydrogen-bond donors (Lipinski definition) is 3. The zero-order chi connectivity index (χ0) is 32.9. The largest absolute Gasteiger partial charge is 0.459 e. The molecule has 1 aromatic carbocycles. The molecular formula is C33H42O11. The molecule has 2 saturated carbocycles. The van der Waals surface area contributed by atoms with Gasteiger partial charge in [0.25, 0.3) is 0 Å². The minimum Gasteiger partial charge on any atom is -0.459 e. The van der Waals surface area contributed by atoms with E-state index in [2.05, 4.69) is 6.58 Å². The molecular weight excluding hydrogens is 572 g/mol. The van der Waals surface area contributed by atoms with Crippen molar-refractivity contribution in [2.24, 2.45) is 16.7 Å². The van der Waals surface area contributed by atoms with Crippen LogP contribution in [-0.4, -0.2) is 81.4 Å². The van der Waals surface area contributed by atoms with Crippen LogP contribution in [0.5, 0.6) is 0 Å². The first-order valence-electron chi connectivity index (χ1n) is 14.6. The molecule has 0 saturated heterocycles. The highest BCUT2D eigenvalue weighted by atomic mass is 16.6. The second-order valence-corrected chi connectivity index (χ2v) is 12.9. The van der Waals surface area contributed by atoms with Gasteiger partial charge in [-0.05, 0) is 35.8 Å². The lowest BCUT2D eigenvalue weighted by Crippen LogP contribution is -2.73. The fraction of sp³-hybridized carbons (Fsp3) is 0.576. The summed E-state index contributed by atoms with van der Waals surface area (Å²) in [5, 5.41) is 35.3. The van der Waals surface area contributed by atoms with Gasteiger partial charge >= 0.3 is 23.9 Å². The number of carbonyl (C=O) groups excluding carboxylic acids is 4. The van der Waals surface area contributed by atoms with Crippen LogP contribution < -0.4 is 0 Å². The van der Waals surface area contributed by atoms with E-state index in [-0.39, 0.29) is 29.6 Å². The summed E-state index contributed by atoms with van der Waals surface area (Å²) < 4.78 is 23.9. The molecule has 2 fully saturated rings. The molecule has 2 bridgehead atoms. The lowest BCUT2D eigenvalue weighted by Gasteiger charge is -2.63. The third-order valence-corrected chi connectivity index (χ3v) is 9.90. The average molecular weight is 615 g/mol. The number of fused-ring (bicyclic) bond motifs is 3. The van der Waals surface area contributed by atoms with Crippen molar-refractivity contribution >= 4 is 23.9 Å². The number of hydrogen-bond acceptors (Lipinski definition) is 11. The Labute approximate surface area is 256 Å². The predicted molar refractivity (Wildman–Crippen MR) is 156 cm³/mol. The predicted octanol–water partition coefficient (Wildman–Crippen LogP) is 2.80. The van der Waals surface area contributed by atoms with Gasteiger partial charge in [-0.3, -0.25) is 14.4 Å². The van der Waals surface area contributed by atoms with E-state index in [0.717, 1.165) is 6.92 Å². The smallest absolute Gasteiger partial charge is 0.338 e. The Morgan fingerprint density at radius 2 is 1.39 bits per heavy atom. The van der Waals surface area contributed by atoms with Gasteiger partial charge in [-0.25, -0.2) is 4.79 Å². The van der Waals surface area contributed by atoms with Crippen molar-refractivity contribution in [3.63, 3.8) is 0 Å². The Kier molecular flexibility index (Phi) is 8.91. The number of ether oxygens (including phenoxy) is 4. The van der Waals surface area contributed by atoms with Crippen molar-refractivity contribution in [3.05, 3.63) is 59.2 Å². The number of aliphatic hydroxyl groups is 3. The molecule has 0 amide bonds. The fourth-order valence-corrected chi connectivity index (χ4v) is 7.67. The summed E-state index contributed by atoms with van der Waals surface area (Å²) in [6, 6.07) is 8.14. The van der Waals surface area contributed by atoms with Gasteiger partial charge in [-0.2, -0.15) is 0 Å². The monoisotopic (exact) mass is 614 g/mol. The van der Waals surface area contributed by atoms with Gasteiger partial charge < -0.3 is 34.3 Å². The summed E-state index contributed by atoms with van der Waals surface area (Å²) in [7, 11) is 0. The van der Waals surface area contributed by atoms with Gasteiger partial charge in [0, 0.05) is 44.9 Å². The average Bonchev–Trinajstić information content (AvgIpc) is 2.92. The lowest BCUT2D eigenvalue weighted by atomic mass is 9.47. The maximum Gasteiger partial charge on any atom is 0.338 e. The van der Waals surface area contributed by atoms with Crippen molar-refractivity contribution < 1.29 is 53.4 Å². The molecule has 0 radical (unpaired) electrons. The molecule has 0 aromatic heterocycles. The summed E-state index contributed by atoms with van der Waals surface area (Å²) in [5.41, 5.74) is -4.04. The number of benzene rings is 1. The van der Waals surface area contributed by atoms with Crippen LogP contribution >= 0.6 is 0 Å². The molecule has 4 rings (SSSR count). The molecule has 3 N–H and O–H groups in total. The molecule has 44 heavy (non-hydrogen) atoms. The molecule has 9 atom stereocenters. The molecule has 0 aliphatic heterocycles. The minimum atomic E-state index is -2.04. The summed E-state index contributed by atoms with van der Waals surface area (Å²) in [5.74, 6) is -4.24. The van der Waals surface area contributed by atoms with E-state index in [1.807, 2.05) is 0 Å². The van der Waals surface area contributed by atoms with Crippen LogP contribution in [-0.2, 0) is 33.3 Å². The first-order chi connectivity index (χ1) is 20.4. The van der Waals surface area contributed by atoms with Crippen LogP contribution in [0.15, 0.2) is 53.6 Å². The third kappa shape index (κ3) is 5.35. The van der Waals surface area contributed by atoms with Gasteiger partial charge in [-0.1, -0.05) is 45.5 Å². The highest BCUT2D eigenvalue weighted by Gasteiger charge is 2.71. The molecule has 9 unspecified atom stereocenters. The van der Waals surface area contributed by atoms with Crippen molar-refractivity contribution in [2.45, 2.75) is 104 Å². The Balaban J connectivity index is 2.10. The Morgan fingerprint density at radius 3 is 1.93 bits per heavy atom. The fourth-order valence-electron chi connectivity index (χ4n) is 7.67. The van der Waals surface area contributed by atoms with Crippen LogP contribution in [0.4, 0.5) is 0 Å². The zero-order valence-electron chi connectivity index (χ0n) is 26.2. The molecule has 11 heteroatoms. The van der Waals surface area contributed by atoms with Gasteiger partial charge in [0.2, 0.25) is 0 Å². The van der Waals surface area contributed by atoms with Crippen LogP contribution in [0, 0.1) is 16.7 Å². The van der Waals surface area contributed by atoms with Crippen LogP contribution in [0.2, 0.25) is 0 Å². The number of esters is 4. The standard InChI is InChI=1S/C33H42O11/c1-16-22(37)14-24(44-30(39)21-12-10-9-11-13-21)32(8)26(16)28(42-19(4)35)33(40)15-23(38)17(2)25(31(33,6)7)27(41-18(3)34)29(32)43-20(5)36/h9-13,22-24,26-29,37-38,40H,1,14-15H2,2-8H3. The Morgan fingerprint density at radius 1 is 0.841 bits per heavy atom.